The number of fused-ring (bicyclic) bond motifs is 1. The summed E-state index contributed by atoms with van der Waals surface area (Å²) in [4.78, 5) is 4.78. The molecule has 3 rings (SSSR count). The summed E-state index contributed by atoms with van der Waals surface area (Å²) in [6.07, 6.45) is 2.65. The zero-order valence-electron chi connectivity index (χ0n) is 9.76. The van der Waals surface area contributed by atoms with E-state index in [4.69, 9.17) is 5.73 Å². The summed E-state index contributed by atoms with van der Waals surface area (Å²) in [6, 6.07) is 9.64. The monoisotopic (exact) mass is 217 g/mol. The number of para-hydroxylation sites is 2. The predicted octanol–water partition coefficient (Wildman–Crippen LogP) is 1.43. The molecule has 1 aromatic rings. The molecule has 1 heterocycles. The molecule has 1 aliphatic carbocycles. The van der Waals surface area contributed by atoms with E-state index >= 15 is 0 Å². The van der Waals surface area contributed by atoms with Crippen LogP contribution in [0.25, 0.3) is 0 Å². The minimum absolute atomic E-state index is 0.248. The van der Waals surface area contributed by atoms with Gasteiger partial charge in [-0.1, -0.05) is 12.1 Å². The van der Waals surface area contributed by atoms with Crippen LogP contribution >= 0.6 is 0 Å². The standard InChI is InChI=1S/C13H19N3/c1-15-8-10(14)9-16(11-6-7-11)13-5-3-2-4-12(13)15/h2-5,10-11H,6-9,14H2,1H3/t10-/m0/s1. The van der Waals surface area contributed by atoms with E-state index in [-0.39, 0.29) is 6.04 Å². The highest BCUT2D eigenvalue weighted by molar-refractivity contribution is 5.72. The van der Waals surface area contributed by atoms with E-state index < -0.39 is 0 Å². The van der Waals surface area contributed by atoms with Gasteiger partial charge in [-0.3, -0.25) is 0 Å². The number of hydrogen-bond acceptors (Lipinski definition) is 3. The predicted molar refractivity (Wildman–Crippen MR) is 68.1 cm³/mol. The minimum atomic E-state index is 0.248. The van der Waals surface area contributed by atoms with Crippen molar-refractivity contribution in [2.24, 2.45) is 5.73 Å². The van der Waals surface area contributed by atoms with Gasteiger partial charge in [-0.2, -0.15) is 0 Å². The van der Waals surface area contributed by atoms with Gasteiger partial charge in [0.1, 0.15) is 0 Å². The summed E-state index contributed by atoms with van der Waals surface area (Å²) in [5.41, 5.74) is 8.86. The Morgan fingerprint density at radius 3 is 2.50 bits per heavy atom. The highest BCUT2D eigenvalue weighted by atomic mass is 15.3. The van der Waals surface area contributed by atoms with Crippen LogP contribution in [-0.2, 0) is 0 Å². The van der Waals surface area contributed by atoms with Gasteiger partial charge >= 0.3 is 0 Å². The van der Waals surface area contributed by atoms with Crippen molar-refractivity contribution in [3.05, 3.63) is 24.3 Å². The maximum atomic E-state index is 6.18. The van der Waals surface area contributed by atoms with Crippen molar-refractivity contribution in [2.45, 2.75) is 24.9 Å². The molecule has 0 aromatic heterocycles. The summed E-state index contributed by atoms with van der Waals surface area (Å²) >= 11 is 0. The van der Waals surface area contributed by atoms with Crippen LogP contribution in [0.4, 0.5) is 11.4 Å². The van der Waals surface area contributed by atoms with Crippen LogP contribution in [0, 0.1) is 0 Å². The molecule has 0 radical (unpaired) electrons. The van der Waals surface area contributed by atoms with Crippen molar-refractivity contribution >= 4 is 11.4 Å². The van der Waals surface area contributed by atoms with Crippen molar-refractivity contribution in [1.82, 2.24) is 0 Å². The Labute approximate surface area is 96.8 Å². The molecule has 16 heavy (non-hydrogen) atoms. The van der Waals surface area contributed by atoms with Gasteiger partial charge in [0.15, 0.2) is 0 Å². The Balaban J connectivity index is 2.02. The summed E-state index contributed by atoms with van der Waals surface area (Å²) in [5.74, 6) is 0. The smallest absolute Gasteiger partial charge is 0.0607 e. The van der Waals surface area contributed by atoms with Crippen LogP contribution < -0.4 is 15.5 Å². The summed E-state index contributed by atoms with van der Waals surface area (Å²) in [7, 11) is 2.13. The van der Waals surface area contributed by atoms with Crippen LogP contribution in [0.15, 0.2) is 24.3 Å². The van der Waals surface area contributed by atoms with E-state index in [9.17, 15) is 0 Å². The molecule has 0 saturated heterocycles. The fraction of sp³-hybridized carbons (Fsp3) is 0.538. The summed E-state index contributed by atoms with van der Waals surface area (Å²) < 4.78 is 0. The highest BCUT2D eigenvalue weighted by Crippen LogP contribution is 2.38. The number of nitrogens with two attached hydrogens (primary N) is 1. The molecule has 1 atom stereocenters. The molecular formula is C13H19N3. The van der Waals surface area contributed by atoms with Crippen molar-refractivity contribution in [2.75, 3.05) is 29.9 Å². The molecule has 1 fully saturated rings. The molecule has 1 aromatic carbocycles. The van der Waals surface area contributed by atoms with Crippen LogP contribution in [0.2, 0.25) is 0 Å². The van der Waals surface area contributed by atoms with Gasteiger partial charge in [0.25, 0.3) is 0 Å². The van der Waals surface area contributed by atoms with Gasteiger partial charge < -0.3 is 15.5 Å². The molecule has 1 aliphatic heterocycles. The topological polar surface area (TPSA) is 32.5 Å². The number of hydrogen-bond donors (Lipinski definition) is 1. The first-order valence-corrected chi connectivity index (χ1v) is 6.08. The zero-order valence-corrected chi connectivity index (χ0v) is 9.76. The molecule has 2 aliphatic rings. The highest BCUT2D eigenvalue weighted by Gasteiger charge is 2.33. The molecule has 1 saturated carbocycles. The van der Waals surface area contributed by atoms with Gasteiger partial charge in [0.2, 0.25) is 0 Å². The molecule has 0 amide bonds. The SMILES string of the molecule is CN1C[C@H](N)CN(C2CC2)c2ccccc21. The molecular weight excluding hydrogens is 198 g/mol. The third-order valence-corrected chi connectivity index (χ3v) is 3.53. The van der Waals surface area contributed by atoms with Crippen molar-refractivity contribution in [3.63, 3.8) is 0 Å². The third-order valence-electron chi connectivity index (χ3n) is 3.53. The number of nitrogens with zero attached hydrogens (tertiary/aromatic N) is 2. The maximum absolute atomic E-state index is 6.18. The lowest BCUT2D eigenvalue weighted by molar-refractivity contribution is 0.639. The zero-order chi connectivity index (χ0) is 11.1. The fourth-order valence-electron chi connectivity index (χ4n) is 2.62. The van der Waals surface area contributed by atoms with Gasteiger partial charge in [-0.15, -0.1) is 0 Å². The summed E-state index contributed by atoms with van der Waals surface area (Å²) in [5, 5.41) is 0. The van der Waals surface area contributed by atoms with Crippen LogP contribution in [-0.4, -0.2) is 32.2 Å². The summed E-state index contributed by atoms with van der Waals surface area (Å²) in [6.45, 7) is 1.94. The van der Waals surface area contributed by atoms with Gasteiger partial charge in [0.05, 0.1) is 11.4 Å². The van der Waals surface area contributed by atoms with Crippen LogP contribution in [0.1, 0.15) is 12.8 Å². The number of benzene rings is 1. The fourth-order valence-corrected chi connectivity index (χ4v) is 2.62. The van der Waals surface area contributed by atoms with Crippen molar-refractivity contribution < 1.29 is 0 Å². The molecule has 0 spiro atoms. The number of anilines is 2. The lowest BCUT2D eigenvalue weighted by atomic mass is 10.2. The third kappa shape index (κ3) is 1.65. The first kappa shape index (κ1) is 9.97. The maximum Gasteiger partial charge on any atom is 0.0607 e. The van der Waals surface area contributed by atoms with E-state index in [2.05, 4.69) is 41.1 Å². The second-order valence-corrected chi connectivity index (χ2v) is 5.01. The Kier molecular flexibility index (Phi) is 2.28. The molecule has 3 nitrogen and oxygen atoms in total. The molecule has 0 bridgehead atoms. The molecule has 2 N–H and O–H groups in total. The van der Waals surface area contributed by atoms with Gasteiger partial charge in [0, 0.05) is 32.2 Å². The van der Waals surface area contributed by atoms with Gasteiger partial charge in [-0.05, 0) is 25.0 Å². The lowest BCUT2D eigenvalue weighted by Crippen LogP contribution is -2.42. The quantitative estimate of drug-likeness (QED) is 0.772. The van der Waals surface area contributed by atoms with Crippen molar-refractivity contribution in [3.8, 4) is 0 Å². The van der Waals surface area contributed by atoms with E-state index in [1.165, 1.54) is 24.2 Å². The Morgan fingerprint density at radius 1 is 1.12 bits per heavy atom. The van der Waals surface area contributed by atoms with Crippen LogP contribution in [0.3, 0.4) is 0 Å². The van der Waals surface area contributed by atoms with E-state index in [1.807, 2.05) is 0 Å². The first-order valence-electron chi connectivity index (χ1n) is 6.08. The Bertz CT molecular complexity index is 387. The molecule has 0 unspecified atom stereocenters. The number of rotatable bonds is 1. The molecule has 3 heteroatoms. The molecule has 86 valence electrons. The van der Waals surface area contributed by atoms with Gasteiger partial charge in [-0.25, -0.2) is 0 Å². The second-order valence-electron chi connectivity index (χ2n) is 5.01. The normalized spacial score (nSPS) is 25.2. The Hall–Kier alpha value is -1.22. The minimum Gasteiger partial charge on any atom is -0.371 e. The number of likely N-dealkylation sites (N-methyl/N-ethyl adjacent to an activating group) is 1. The van der Waals surface area contributed by atoms with E-state index in [0.717, 1.165) is 19.1 Å². The average Bonchev–Trinajstić information content (AvgIpc) is 3.09. The average molecular weight is 217 g/mol. The van der Waals surface area contributed by atoms with E-state index in [0.29, 0.717) is 0 Å². The van der Waals surface area contributed by atoms with Crippen LogP contribution in [0.5, 0.6) is 0 Å². The second kappa shape index (κ2) is 3.67. The van der Waals surface area contributed by atoms with Crippen molar-refractivity contribution in [1.29, 1.82) is 0 Å². The van der Waals surface area contributed by atoms with E-state index in [1.54, 1.807) is 0 Å². The largest absolute Gasteiger partial charge is 0.371 e. The lowest BCUT2D eigenvalue weighted by Gasteiger charge is -2.26. The Morgan fingerprint density at radius 2 is 1.81 bits per heavy atom. The first-order chi connectivity index (χ1) is 7.75.